The first-order valence-corrected chi connectivity index (χ1v) is 8.16. The van der Waals surface area contributed by atoms with Gasteiger partial charge < -0.3 is 10.6 Å². The Morgan fingerprint density at radius 2 is 2.24 bits per heavy atom. The van der Waals surface area contributed by atoms with Crippen molar-refractivity contribution in [3.63, 3.8) is 0 Å². The number of carbonyl (C=O) groups is 1. The highest BCUT2D eigenvalue weighted by atomic mass is 32.1. The number of nitrogens with one attached hydrogen (secondary N) is 2. The average molecular weight is 303 g/mol. The standard InChI is InChI=1S/C16H21N3OS/c1-3-6-13(15-7-5-10-21-15)19-16(20)14-11-12(17-4-2)8-9-18-14/h5,7-11,13H,3-4,6H2,1-2H3,(H,17,18)(H,19,20). The van der Waals surface area contributed by atoms with Crippen LogP contribution in [-0.2, 0) is 0 Å². The summed E-state index contributed by atoms with van der Waals surface area (Å²) in [4.78, 5) is 17.7. The van der Waals surface area contributed by atoms with Gasteiger partial charge in [-0.3, -0.25) is 9.78 Å². The molecular weight excluding hydrogens is 282 g/mol. The van der Waals surface area contributed by atoms with Crippen molar-refractivity contribution in [3.05, 3.63) is 46.4 Å². The molecule has 21 heavy (non-hydrogen) atoms. The van der Waals surface area contributed by atoms with Crippen molar-refractivity contribution >= 4 is 22.9 Å². The van der Waals surface area contributed by atoms with Gasteiger partial charge in [0.15, 0.2) is 0 Å². The maximum atomic E-state index is 12.4. The minimum Gasteiger partial charge on any atom is -0.385 e. The smallest absolute Gasteiger partial charge is 0.270 e. The first kappa shape index (κ1) is 15.5. The van der Waals surface area contributed by atoms with E-state index in [9.17, 15) is 4.79 Å². The fourth-order valence-corrected chi connectivity index (χ4v) is 2.98. The topological polar surface area (TPSA) is 54.0 Å². The van der Waals surface area contributed by atoms with E-state index >= 15 is 0 Å². The lowest BCUT2D eigenvalue weighted by molar-refractivity contribution is 0.0930. The van der Waals surface area contributed by atoms with E-state index in [1.54, 1.807) is 23.6 Å². The van der Waals surface area contributed by atoms with Gasteiger partial charge in [-0.05, 0) is 36.9 Å². The Morgan fingerprint density at radius 3 is 2.90 bits per heavy atom. The van der Waals surface area contributed by atoms with Crippen molar-refractivity contribution in [1.29, 1.82) is 0 Å². The highest BCUT2D eigenvalue weighted by molar-refractivity contribution is 7.10. The number of nitrogens with zero attached hydrogens (tertiary/aromatic N) is 1. The van der Waals surface area contributed by atoms with Crippen molar-refractivity contribution < 1.29 is 4.79 Å². The molecule has 1 amide bonds. The lowest BCUT2D eigenvalue weighted by Crippen LogP contribution is -2.28. The van der Waals surface area contributed by atoms with E-state index in [1.165, 1.54) is 4.88 Å². The Hall–Kier alpha value is -1.88. The maximum absolute atomic E-state index is 12.4. The number of rotatable bonds is 7. The van der Waals surface area contributed by atoms with Gasteiger partial charge in [-0.2, -0.15) is 0 Å². The molecular formula is C16H21N3OS. The van der Waals surface area contributed by atoms with Gasteiger partial charge in [0.25, 0.3) is 5.91 Å². The average Bonchev–Trinajstić information content (AvgIpc) is 3.01. The molecule has 0 radical (unpaired) electrons. The lowest BCUT2D eigenvalue weighted by Gasteiger charge is -2.16. The van der Waals surface area contributed by atoms with Crippen LogP contribution in [0.25, 0.3) is 0 Å². The number of anilines is 1. The second-order valence-corrected chi connectivity index (χ2v) is 5.77. The Labute approximate surface area is 129 Å². The summed E-state index contributed by atoms with van der Waals surface area (Å²) in [5, 5.41) is 8.31. The Morgan fingerprint density at radius 1 is 1.38 bits per heavy atom. The molecule has 1 atom stereocenters. The van der Waals surface area contributed by atoms with E-state index in [0.717, 1.165) is 25.1 Å². The molecule has 4 nitrogen and oxygen atoms in total. The predicted molar refractivity (Wildman–Crippen MR) is 87.8 cm³/mol. The van der Waals surface area contributed by atoms with Crippen LogP contribution in [0.3, 0.4) is 0 Å². The summed E-state index contributed by atoms with van der Waals surface area (Å²) in [7, 11) is 0. The molecule has 0 aliphatic carbocycles. The van der Waals surface area contributed by atoms with E-state index in [0.29, 0.717) is 5.69 Å². The molecule has 0 spiro atoms. The van der Waals surface area contributed by atoms with Crippen LogP contribution >= 0.6 is 11.3 Å². The molecule has 2 heterocycles. The van der Waals surface area contributed by atoms with Gasteiger partial charge in [-0.25, -0.2) is 0 Å². The summed E-state index contributed by atoms with van der Waals surface area (Å²) in [6.45, 7) is 4.96. The van der Waals surface area contributed by atoms with Crippen LogP contribution in [0.1, 0.15) is 48.1 Å². The quantitative estimate of drug-likeness (QED) is 0.817. The van der Waals surface area contributed by atoms with Crippen LogP contribution in [0.5, 0.6) is 0 Å². The van der Waals surface area contributed by atoms with Crippen molar-refractivity contribution in [2.45, 2.75) is 32.7 Å². The molecule has 1 unspecified atom stereocenters. The third-order valence-electron chi connectivity index (χ3n) is 3.14. The molecule has 0 fully saturated rings. The second-order valence-electron chi connectivity index (χ2n) is 4.79. The highest BCUT2D eigenvalue weighted by Crippen LogP contribution is 2.23. The van der Waals surface area contributed by atoms with Crippen molar-refractivity contribution in [2.75, 3.05) is 11.9 Å². The van der Waals surface area contributed by atoms with Gasteiger partial charge in [0, 0.05) is 23.3 Å². The second kappa shape index (κ2) is 7.78. The van der Waals surface area contributed by atoms with E-state index in [1.807, 2.05) is 24.4 Å². The number of hydrogen-bond donors (Lipinski definition) is 2. The molecule has 0 bridgehead atoms. The van der Waals surface area contributed by atoms with Gasteiger partial charge in [0.05, 0.1) is 6.04 Å². The molecule has 0 saturated carbocycles. The number of carbonyl (C=O) groups excluding carboxylic acids is 1. The normalized spacial score (nSPS) is 11.9. The van der Waals surface area contributed by atoms with E-state index in [4.69, 9.17) is 0 Å². The van der Waals surface area contributed by atoms with Crippen LogP contribution in [0.2, 0.25) is 0 Å². The largest absolute Gasteiger partial charge is 0.385 e. The zero-order chi connectivity index (χ0) is 15.1. The van der Waals surface area contributed by atoms with Gasteiger partial charge >= 0.3 is 0 Å². The summed E-state index contributed by atoms with van der Waals surface area (Å²) in [5.41, 5.74) is 1.37. The van der Waals surface area contributed by atoms with E-state index < -0.39 is 0 Å². The molecule has 0 aliphatic rings. The fraction of sp³-hybridized carbons (Fsp3) is 0.375. The number of pyridine rings is 1. The SMILES string of the molecule is CCCC(NC(=O)c1cc(NCC)ccn1)c1cccs1. The minimum atomic E-state index is -0.124. The van der Waals surface area contributed by atoms with Crippen molar-refractivity contribution in [1.82, 2.24) is 10.3 Å². The predicted octanol–water partition coefficient (Wildman–Crippen LogP) is 3.85. The van der Waals surface area contributed by atoms with Gasteiger partial charge in [-0.15, -0.1) is 11.3 Å². The summed E-state index contributed by atoms with van der Waals surface area (Å²) in [5.74, 6) is -0.124. The van der Waals surface area contributed by atoms with Gasteiger partial charge in [-0.1, -0.05) is 19.4 Å². The minimum absolute atomic E-state index is 0.0621. The molecule has 5 heteroatoms. The van der Waals surface area contributed by atoms with Gasteiger partial charge in [0.2, 0.25) is 0 Å². The van der Waals surface area contributed by atoms with Gasteiger partial charge in [0.1, 0.15) is 5.69 Å². The molecule has 2 N–H and O–H groups in total. The summed E-state index contributed by atoms with van der Waals surface area (Å²) < 4.78 is 0. The number of amides is 1. The molecule has 0 saturated heterocycles. The zero-order valence-corrected chi connectivity index (χ0v) is 13.2. The monoisotopic (exact) mass is 303 g/mol. The van der Waals surface area contributed by atoms with E-state index in [2.05, 4.69) is 28.6 Å². The molecule has 0 aromatic carbocycles. The third-order valence-corrected chi connectivity index (χ3v) is 4.13. The number of hydrogen-bond acceptors (Lipinski definition) is 4. The van der Waals surface area contributed by atoms with Crippen LogP contribution in [0, 0.1) is 0 Å². The van der Waals surface area contributed by atoms with E-state index in [-0.39, 0.29) is 11.9 Å². The molecule has 112 valence electrons. The summed E-state index contributed by atoms with van der Waals surface area (Å²) in [6.07, 6.45) is 3.61. The van der Waals surface area contributed by atoms with Crippen LogP contribution in [0.4, 0.5) is 5.69 Å². The Bertz CT molecular complexity index is 569. The van der Waals surface area contributed by atoms with Crippen LogP contribution in [-0.4, -0.2) is 17.4 Å². The Balaban J connectivity index is 2.10. The summed E-state index contributed by atoms with van der Waals surface area (Å²) >= 11 is 1.67. The third kappa shape index (κ3) is 4.29. The first-order chi connectivity index (χ1) is 10.2. The summed E-state index contributed by atoms with van der Waals surface area (Å²) in [6, 6.07) is 7.79. The van der Waals surface area contributed by atoms with Crippen molar-refractivity contribution in [3.8, 4) is 0 Å². The molecule has 0 aliphatic heterocycles. The first-order valence-electron chi connectivity index (χ1n) is 7.28. The number of aromatic nitrogens is 1. The van der Waals surface area contributed by atoms with Crippen molar-refractivity contribution in [2.24, 2.45) is 0 Å². The van der Waals surface area contributed by atoms with Crippen LogP contribution in [0.15, 0.2) is 35.8 Å². The molecule has 2 aromatic rings. The highest BCUT2D eigenvalue weighted by Gasteiger charge is 2.16. The molecule has 2 rings (SSSR count). The fourth-order valence-electron chi connectivity index (χ4n) is 2.16. The number of thiophene rings is 1. The lowest BCUT2D eigenvalue weighted by atomic mass is 10.1. The van der Waals surface area contributed by atoms with Crippen LogP contribution < -0.4 is 10.6 Å². The zero-order valence-electron chi connectivity index (χ0n) is 12.4. The molecule has 2 aromatic heterocycles. The maximum Gasteiger partial charge on any atom is 0.270 e. The Kier molecular flexibility index (Phi) is 5.75.